The van der Waals surface area contributed by atoms with E-state index < -0.39 is 0 Å². The third kappa shape index (κ3) is 3.72. The molecule has 154 valence electrons. The van der Waals surface area contributed by atoms with E-state index in [4.69, 9.17) is 4.74 Å². The normalized spacial score (nSPS) is 22.6. The lowest BCUT2D eigenvalue weighted by Gasteiger charge is -2.39. The van der Waals surface area contributed by atoms with Gasteiger partial charge in [-0.3, -0.25) is 10.00 Å². The summed E-state index contributed by atoms with van der Waals surface area (Å²) in [5.74, 6) is 0.836. The maximum atomic E-state index is 9.25. The number of anilines is 1. The number of aromatic amines is 1. The predicted molar refractivity (Wildman–Crippen MR) is 112 cm³/mol. The van der Waals surface area contributed by atoms with Crippen molar-refractivity contribution in [2.24, 2.45) is 0 Å². The Hall–Kier alpha value is -3.09. The second kappa shape index (κ2) is 8.34. The van der Waals surface area contributed by atoms with Crippen molar-refractivity contribution in [3.8, 4) is 17.3 Å². The van der Waals surface area contributed by atoms with Gasteiger partial charge in [0.2, 0.25) is 0 Å². The first-order valence-corrected chi connectivity index (χ1v) is 10.5. The van der Waals surface area contributed by atoms with Gasteiger partial charge < -0.3 is 10.1 Å². The molecular formula is C21H24N8O. The topological polar surface area (TPSA) is 116 Å². The lowest BCUT2D eigenvalue weighted by atomic mass is 9.90. The average Bonchev–Trinajstić information content (AvgIpc) is 3.29. The minimum atomic E-state index is 0.280. The standard InChI is InChI=1S/C21H24N8O/c22-12-19-20(27-28-26-19)14-1-6-18-17(11-14)21(24-13-23-18)25-15-2-4-16(5-3-15)29-7-9-30-10-8-29/h1,6,11,13,15-16H,2-5,7-10H2,(H,23,24,25)(H,26,27,28)/t15-,16-. The van der Waals surface area contributed by atoms with Gasteiger partial charge in [0, 0.05) is 36.1 Å². The Morgan fingerprint density at radius 1 is 1.13 bits per heavy atom. The maximum absolute atomic E-state index is 9.25. The lowest BCUT2D eigenvalue weighted by molar-refractivity contribution is 0.00791. The number of benzene rings is 1. The number of rotatable bonds is 4. The molecule has 0 bridgehead atoms. The Balaban J connectivity index is 1.33. The van der Waals surface area contributed by atoms with E-state index in [-0.39, 0.29) is 5.69 Å². The number of nitriles is 1. The zero-order chi connectivity index (χ0) is 20.3. The van der Waals surface area contributed by atoms with Gasteiger partial charge in [0.05, 0.1) is 18.7 Å². The van der Waals surface area contributed by atoms with Crippen LogP contribution in [0.3, 0.4) is 0 Å². The number of nitrogens with one attached hydrogen (secondary N) is 2. The van der Waals surface area contributed by atoms with E-state index >= 15 is 0 Å². The number of morpholine rings is 1. The highest BCUT2D eigenvalue weighted by Gasteiger charge is 2.27. The second-order valence-electron chi connectivity index (χ2n) is 7.90. The Bertz CT molecular complexity index is 1060. The first-order chi connectivity index (χ1) is 14.8. The van der Waals surface area contributed by atoms with Crippen LogP contribution in [0.1, 0.15) is 31.4 Å². The number of nitrogens with zero attached hydrogens (tertiary/aromatic N) is 6. The molecule has 2 N–H and O–H groups in total. The van der Waals surface area contributed by atoms with Crippen LogP contribution in [0.15, 0.2) is 24.5 Å². The summed E-state index contributed by atoms with van der Waals surface area (Å²) in [6.07, 6.45) is 6.23. The van der Waals surface area contributed by atoms with Gasteiger partial charge >= 0.3 is 0 Å². The zero-order valence-corrected chi connectivity index (χ0v) is 16.7. The molecule has 30 heavy (non-hydrogen) atoms. The molecule has 0 unspecified atom stereocenters. The first-order valence-electron chi connectivity index (χ1n) is 10.5. The summed E-state index contributed by atoms with van der Waals surface area (Å²) in [7, 11) is 0. The van der Waals surface area contributed by atoms with Crippen LogP contribution in [0, 0.1) is 11.3 Å². The van der Waals surface area contributed by atoms with Crippen LogP contribution in [0.25, 0.3) is 22.2 Å². The highest BCUT2D eigenvalue weighted by molar-refractivity contribution is 5.92. The minimum Gasteiger partial charge on any atom is -0.379 e. The summed E-state index contributed by atoms with van der Waals surface area (Å²) in [6.45, 7) is 3.81. The molecule has 2 aliphatic rings. The van der Waals surface area contributed by atoms with Crippen molar-refractivity contribution in [2.75, 3.05) is 31.6 Å². The Labute approximate surface area is 174 Å². The van der Waals surface area contributed by atoms with Gasteiger partial charge in [-0.15, -0.1) is 5.10 Å². The summed E-state index contributed by atoms with van der Waals surface area (Å²) < 4.78 is 5.49. The van der Waals surface area contributed by atoms with Crippen molar-refractivity contribution < 1.29 is 4.74 Å². The van der Waals surface area contributed by atoms with E-state index in [9.17, 15) is 5.26 Å². The van der Waals surface area contributed by atoms with Gasteiger partial charge in [0.1, 0.15) is 23.9 Å². The average molecular weight is 404 g/mol. The molecular weight excluding hydrogens is 380 g/mol. The highest BCUT2D eigenvalue weighted by atomic mass is 16.5. The largest absolute Gasteiger partial charge is 0.379 e. The van der Waals surface area contributed by atoms with Crippen molar-refractivity contribution in [2.45, 2.75) is 37.8 Å². The number of H-pyrrole nitrogens is 1. The van der Waals surface area contributed by atoms with Gasteiger partial charge in [-0.05, 0) is 37.8 Å². The molecule has 2 fully saturated rings. The minimum absolute atomic E-state index is 0.280. The summed E-state index contributed by atoms with van der Waals surface area (Å²) in [5, 5.41) is 24.2. The lowest BCUT2D eigenvalue weighted by Crippen LogP contribution is -2.46. The molecule has 9 heteroatoms. The quantitative estimate of drug-likeness (QED) is 0.681. The molecule has 0 atom stereocenters. The molecule has 1 aliphatic carbocycles. The number of hydrogen-bond donors (Lipinski definition) is 2. The van der Waals surface area contributed by atoms with E-state index in [1.54, 1.807) is 6.33 Å². The van der Waals surface area contributed by atoms with Gasteiger partial charge in [0.15, 0.2) is 5.69 Å². The highest BCUT2D eigenvalue weighted by Crippen LogP contribution is 2.30. The summed E-state index contributed by atoms with van der Waals surface area (Å²) in [4.78, 5) is 11.5. The fourth-order valence-electron chi connectivity index (χ4n) is 4.56. The van der Waals surface area contributed by atoms with Crippen LogP contribution >= 0.6 is 0 Å². The monoisotopic (exact) mass is 404 g/mol. The second-order valence-corrected chi connectivity index (χ2v) is 7.90. The van der Waals surface area contributed by atoms with E-state index in [0.29, 0.717) is 17.8 Å². The summed E-state index contributed by atoms with van der Waals surface area (Å²) in [5.41, 5.74) is 2.60. The van der Waals surface area contributed by atoms with Crippen LogP contribution in [-0.2, 0) is 4.74 Å². The van der Waals surface area contributed by atoms with Crippen LogP contribution in [0.2, 0.25) is 0 Å². The predicted octanol–water partition coefficient (Wildman–Crippen LogP) is 2.34. The molecule has 0 radical (unpaired) electrons. The zero-order valence-electron chi connectivity index (χ0n) is 16.7. The van der Waals surface area contributed by atoms with Gasteiger partial charge in [0.25, 0.3) is 0 Å². The molecule has 1 saturated carbocycles. The third-order valence-corrected chi connectivity index (χ3v) is 6.18. The summed E-state index contributed by atoms with van der Waals surface area (Å²) in [6, 6.07) is 8.98. The molecule has 1 aromatic carbocycles. The van der Waals surface area contributed by atoms with E-state index in [1.807, 2.05) is 18.2 Å². The molecule has 0 amide bonds. The number of ether oxygens (including phenoxy) is 1. The van der Waals surface area contributed by atoms with Crippen LogP contribution in [0.5, 0.6) is 0 Å². The van der Waals surface area contributed by atoms with E-state index in [1.165, 1.54) is 12.8 Å². The van der Waals surface area contributed by atoms with Crippen LogP contribution in [0.4, 0.5) is 5.82 Å². The SMILES string of the molecule is N#Cc1nn[nH]c1-c1ccc2ncnc(N[C@H]3CC[C@H](N4CCOCC4)CC3)c2c1. The van der Waals surface area contributed by atoms with Crippen molar-refractivity contribution in [1.82, 2.24) is 30.3 Å². The van der Waals surface area contributed by atoms with Gasteiger partial charge in [-0.1, -0.05) is 11.3 Å². The Morgan fingerprint density at radius 2 is 1.97 bits per heavy atom. The fraction of sp³-hybridized carbons (Fsp3) is 0.476. The van der Waals surface area contributed by atoms with Crippen molar-refractivity contribution in [3.05, 3.63) is 30.2 Å². The van der Waals surface area contributed by atoms with Crippen molar-refractivity contribution >= 4 is 16.7 Å². The maximum Gasteiger partial charge on any atom is 0.190 e. The molecule has 1 saturated heterocycles. The molecule has 3 heterocycles. The molecule has 0 spiro atoms. The fourth-order valence-corrected chi connectivity index (χ4v) is 4.56. The van der Waals surface area contributed by atoms with Crippen LogP contribution < -0.4 is 5.32 Å². The third-order valence-electron chi connectivity index (χ3n) is 6.18. The Kier molecular flexibility index (Phi) is 5.26. The number of fused-ring (bicyclic) bond motifs is 1. The molecule has 1 aliphatic heterocycles. The van der Waals surface area contributed by atoms with Crippen molar-refractivity contribution in [1.29, 1.82) is 5.26 Å². The first kappa shape index (κ1) is 18.9. The number of hydrogen-bond acceptors (Lipinski definition) is 8. The molecule has 3 aromatic rings. The number of aromatic nitrogens is 5. The smallest absolute Gasteiger partial charge is 0.190 e. The van der Waals surface area contributed by atoms with Gasteiger partial charge in [-0.2, -0.15) is 5.26 Å². The van der Waals surface area contributed by atoms with Crippen LogP contribution in [-0.4, -0.2) is 68.7 Å². The summed E-state index contributed by atoms with van der Waals surface area (Å²) >= 11 is 0. The van der Waals surface area contributed by atoms with Crippen molar-refractivity contribution in [3.63, 3.8) is 0 Å². The van der Waals surface area contributed by atoms with Gasteiger partial charge in [-0.25, -0.2) is 9.97 Å². The Morgan fingerprint density at radius 3 is 2.77 bits per heavy atom. The van der Waals surface area contributed by atoms with E-state index in [0.717, 1.165) is 61.4 Å². The molecule has 2 aromatic heterocycles. The molecule has 5 rings (SSSR count). The molecule has 9 nitrogen and oxygen atoms in total. The van der Waals surface area contributed by atoms with E-state index in [2.05, 4.69) is 41.7 Å².